The van der Waals surface area contributed by atoms with Crippen LogP contribution in [0.5, 0.6) is 5.75 Å². The van der Waals surface area contributed by atoms with Crippen molar-refractivity contribution in [1.82, 2.24) is 0 Å². The van der Waals surface area contributed by atoms with Crippen LogP contribution in [-0.4, -0.2) is 11.1 Å². The smallest absolute Gasteiger partial charge is 0.338 e. The lowest BCUT2D eigenvalue weighted by Crippen LogP contribution is -1.94. The number of carboxylic acid groups (broad SMARTS) is 1. The number of hydrogen-bond donors (Lipinski definition) is 1. The molecule has 13 heavy (non-hydrogen) atoms. The molecule has 68 valence electrons. The van der Waals surface area contributed by atoms with Crippen LogP contribution in [0.1, 0.15) is 0 Å². The quantitative estimate of drug-likeness (QED) is 0.593. The second kappa shape index (κ2) is 4.63. The Hall–Kier alpha value is -1.34. The van der Waals surface area contributed by atoms with E-state index in [-0.39, 0.29) is 14.1 Å². The van der Waals surface area contributed by atoms with Crippen molar-refractivity contribution in [3.63, 3.8) is 0 Å². The van der Waals surface area contributed by atoms with E-state index in [1.807, 2.05) is 18.2 Å². The summed E-state index contributed by atoms with van der Waals surface area (Å²) in [4.78, 5) is 10.3. The summed E-state index contributed by atoms with van der Waals surface area (Å²) in [6, 6.07) is 9.04. The van der Waals surface area contributed by atoms with E-state index in [1.54, 1.807) is 12.1 Å². The molecule has 0 saturated carbocycles. The van der Waals surface area contributed by atoms with Gasteiger partial charge in [0.2, 0.25) is 0 Å². The molecule has 1 aromatic rings. The van der Waals surface area contributed by atoms with Crippen molar-refractivity contribution in [3.8, 4) is 5.75 Å². The summed E-state index contributed by atoms with van der Waals surface area (Å²) in [6.07, 6.45) is 0. The summed E-state index contributed by atoms with van der Waals surface area (Å²) in [7, 11) is -0.230. The van der Waals surface area contributed by atoms with Gasteiger partial charge in [0.05, 0.1) is 5.31 Å². The monoisotopic (exact) mass is 196 g/mol. The predicted octanol–water partition coefficient (Wildman–Crippen LogP) is 2.26. The fraction of sp³-hybridized carbons (Fsp3) is 0. The van der Waals surface area contributed by atoms with Crippen molar-refractivity contribution in [1.29, 1.82) is 0 Å². The molecule has 0 aliphatic heterocycles. The summed E-state index contributed by atoms with van der Waals surface area (Å²) >= 11 is 0. The Morgan fingerprint density at radius 2 is 2.00 bits per heavy atom. The third kappa shape index (κ3) is 3.26. The number of carbonyl (C=O) groups is 1. The summed E-state index contributed by atoms with van der Waals surface area (Å²) in [5, 5.41) is 8.56. The molecule has 0 aliphatic rings. The molecule has 4 heteroatoms. The largest absolute Gasteiger partial charge is 0.478 e. The zero-order valence-electron chi connectivity index (χ0n) is 6.86. The Bertz CT molecular complexity index is 308. The molecule has 0 aromatic heterocycles. The average molecular weight is 196 g/mol. The fourth-order valence-corrected chi connectivity index (χ4v) is 1.12. The van der Waals surface area contributed by atoms with E-state index in [0.29, 0.717) is 5.75 Å². The molecule has 1 unspecified atom stereocenters. The zero-order valence-corrected chi connectivity index (χ0v) is 7.86. The molecule has 0 saturated heterocycles. The van der Waals surface area contributed by atoms with Gasteiger partial charge < -0.3 is 9.63 Å². The lowest BCUT2D eigenvalue weighted by Gasteiger charge is -2.03. The molecule has 1 rings (SSSR count). The van der Waals surface area contributed by atoms with Crippen LogP contribution < -0.4 is 4.52 Å². The molecule has 0 radical (unpaired) electrons. The van der Waals surface area contributed by atoms with Crippen LogP contribution in [0.15, 0.2) is 42.2 Å². The van der Waals surface area contributed by atoms with E-state index in [2.05, 4.69) is 6.58 Å². The number of carboxylic acids is 1. The SMILES string of the molecule is C=C(POc1ccccc1)C(=O)O. The topological polar surface area (TPSA) is 46.5 Å². The summed E-state index contributed by atoms with van der Waals surface area (Å²) < 4.78 is 5.18. The minimum atomic E-state index is -1.02. The first-order valence-electron chi connectivity index (χ1n) is 3.60. The van der Waals surface area contributed by atoms with Crippen LogP contribution in [0.3, 0.4) is 0 Å². The third-order valence-corrected chi connectivity index (χ3v) is 2.09. The van der Waals surface area contributed by atoms with Crippen molar-refractivity contribution in [2.45, 2.75) is 0 Å². The maximum atomic E-state index is 10.3. The Morgan fingerprint density at radius 1 is 1.38 bits per heavy atom. The minimum absolute atomic E-state index is 0.0730. The molecular weight excluding hydrogens is 187 g/mol. The van der Waals surface area contributed by atoms with Gasteiger partial charge in [-0.05, 0) is 12.1 Å². The zero-order chi connectivity index (χ0) is 9.68. The van der Waals surface area contributed by atoms with Gasteiger partial charge in [-0.25, -0.2) is 4.79 Å². The van der Waals surface area contributed by atoms with E-state index in [9.17, 15) is 4.79 Å². The van der Waals surface area contributed by atoms with Gasteiger partial charge in [0, 0.05) is 0 Å². The molecule has 1 aromatic carbocycles. The maximum absolute atomic E-state index is 10.3. The molecule has 0 aliphatic carbocycles. The van der Waals surface area contributed by atoms with Crippen molar-refractivity contribution in [3.05, 3.63) is 42.2 Å². The van der Waals surface area contributed by atoms with Crippen molar-refractivity contribution in [2.24, 2.45) is 0 Å². The minimum Gasteiger partial charge on any atom is -0.478 e. The van der Waals surface area contributed by atoms with Crippen LogP contribution in [0, 0.1) is 0 Å². The first kappa shape index (κ1) is 9.75. The molecule has 0 spiro atoms. The van der Waals surface area contributed by atoms with Gasteiger partial charge in [0.1, 0.15) is 14.6 Å². The highest BCUT2D eigenvalue weighted by atomic mass is 31.1. The molecule has 0 amide bonds. The summed E-state index contributed by atoms with van der Waals surface area (Å²) in [6.45, 7) is 3.36. The van der Waals surface area contributed by atoms with E-state index < -0.39 is 5.97 Å². The molecule has 1 atom stereocenters. The number of hydrogen-bond acceptors (Lipinski definition) is 2. The van der Waals surface area contributed by atoms with Crippen LogP contribution in [0.25, 0.3) is 0 Å². The number of rotatable bonds is 4. The summed E-state index contributed by atoms with van der Waals surface area (Å²) in [5.74, 6) is -0.363. The third-order valence-electron chi connectivity index (χ3n) is 1.29. The Labute approximate surface area is 77.9 Å². The predicted molar refractivity (Wildman–Crippen MR) is 52.2 cm³/mol. The van der Waals surface area contributed by atoms with Crippen LogP contribution in [0.2, 0.25) is 0 Å². The van der Waals surface area contributed by atoms with E-state index in [4.69, 9.17) is 9.63 Å². The van der Waals surface area contributed by atoms with Gasteiger partial charge in [0.15, 0.2) is 0 Å². The first-order chi connectivity index (χ1) is 6.20. The van der Waals surface area contributed by atoms with E-state index in [0.717, 1.165) is 0 Å². The molecule has 0 fully saturated rings. The standard InChI is InChI=1S/C9H9O3P/c1-7(9(10)11)13-12-8-5-3-2-4-6-8/h2-6,13H,1H2,(H,10,11). The first-order valence-corrected chi connectivity index (χ1v) is 4.51. The second-order valence-electron chi connectivity index (χ2n) is 2.30. The molecule has 1 N–H and O–H groups in total. The van der Waals surface area contributed by atoms with Gasteiger partial charge in [-0.3, -0.25) is 0 Å². The van der Waals surface area contributed by atoms with E-state index in [1.165, 1.54) is 0 Å². The number of para-hydroxylation sites is 1. The fourth-order valence-electron chi connectivity index (χ4n) is 0.653. The lowest BCUT2D eigenvalue weighted by atomic mass is 10.3. The normalized spacial score (nSPS) is 10.2. The Kier molecular flexibility index (Phi) is 3.47. The Balaban J connectivity index is 2.44. The highest BCUT2D eigenvalue weighted by Crippen LogP contribution is 2.26. The van der Waals surface area contributed by atoms with E-state index >= 15 is 0 Å². The average Bonchev–Trinajstić information content (AvgIpc) is 2.15. The highest BCUT2D eigenvalue weighted by Gasteiger charge is 2.04. The lowest BCUT2D eigenvalue weighted by molar-refractivity contribution is -0.131. The highest BCUT2D eigenvalue weighted by molar-refractivity contribution is 7.39. The molecular formula is C9H9O3P. The summed E-state index contributed by atoms with van der Waals surface area (Å²) in [5.41, 5.74) is 0. The van der Waals surface area contributed by atoms with Crippen LogP contribution in [0.4, 0.5) is 0 Å². The number of benzene rings is 1. The van der Waals surface area contributed by atoms with Crippen molar-refractivity contribution < 1.29 is 14.4 Å². The van der Waals surface area contributed by atoms with Crippen molar-refractivity contribution in [2.75, 3.05) is 0 Å². The van der Waals surface area contributed by atoms with Gasteiger partial charge >= 0.3 is 5.97 Å². The van der Waals surface area contributed by atoms with Gasteiger partial charge in [-0.1, -0.05) is 24.8 Å². The van der Waals surface area contributed by atoms with Crippen LogP contribution >= 0.6 is 8.81 Å². The van der Waals surface area contributed by atoms with Crippen molar-refractivity contribution >= 4 is 14.8 Å². The molecule has 0 bridgehead atoms. The van der Waals surface area contributed by atoms with Gasteiger partial charge in [0.25, 0.3) is 0 Å². The Morgan fingerprint density at radius 3 is 2.54 bits per heavy atom. The van der Waals surface area contributed by atoms with Gasteiger partial charge in [-0.2, -0.15) is 0 Å². The van der Waals surface area contributed by atoms with Gasteiger partial charge in [-0.15, -0.1) is 0 Å². The maximum Gasteiger partial charge on any atom is 0.338 e. The molecule has 0 heterocycles. The second-order valence-corrected chi connectivity index (χ2v) is 3.31. The molecule has 3 nitrogen and oxygen atoms in total. The number of aliphatic carboxylic acids is 1. The van der Waals surface area contributed by atoms with Crippen LogP contribution in [-0.2, 0) is 4.79 Å².